The fraction of sp³-hybridized carbons (Fsp3) is 0.600. The quantitative estimate of drug-likeness (QED) is 0.227. The van der Waals surface area contributed by atoms with Crippen molar-refractivity contribution in [1.29, 1.82) is 0 Å². The molecule has 2 aromatic rings. The molecule has 0 aliphatic carbocycles. The maximum absolute atomic E-state index is 12.3. The van der Waals surface area contributed by atoms with Crippen LogP contribution in [0.25, 0.3) is 11.3 Å². The minimum absolute atomic E-state index is 0.0610. The van der Waals surface area contributed by atoms with E-state index >= 15 is 0 Å². The van der Waals surface area contributed by atoms with Gasteiger partial charge in [0.05, 0.1) is 12.5 Å². The smallest absolute Gasteiger partial charge is 0.410 e. The van der Waals surface area contributed by atoms with Crippen LogP contribution in [0.4, 0.5) is 4.79 Å². The van der Waals surface area contributed by atoms with Crippen LogP contribution in [0.5, 0.6) is 5.75 Å². The highest BCUT2D eigenvalue weighted by atomic mass is 79.9. The first-order valence-electron chi connectivity index (χ1n) is 11.9. The number of aliphatic hydroxyl groups excluding tert-OH is 1. The molecule has 1 aliphatic rings. The Hall–Kier alpha value is -1.88. The molecule has 0 bridgehead atoms. The van der Waals surface area contributed by atoms with Crippen molar-refractivity contribution in [3.8, 4) is 17.0 Å². The van der Waals surface area contributed by atoms with Gasteiger partial charge in [0.1, 0.15) is 22.8 Å². The number of likely N-dealkylation sites (tertiary alicyclic amines) is 1. The van der Waals surface area contributed by atoms with E-state index in [0.717, 1.165) is 16.1 Å². The van der Waals surface area contributed by atoms with Crippen molar-refractivity contribution in [3.05, 3.63) is 33.5 Å². The average molecular weight is 570 g/mol. The number of amides is 1. The first-order valence-corrected chi connectivity index (χ1v) is 16.4. The second-order valence-electron chi connectivity index (χ2n) is 11.2. The Balaban J connectivity index is 1.75. The van der Waals surface area contributed by atoms with E-state index in [2.05, 4.69) is 40.7 Å². The van der Waals surface area contributed by atoms with Crippen molar-refractivity contribution in [2.24, 2.45) is 0 Å². The standard InChI is InChI=1S/C25H37BrN2O6Si/c1-16-10-21(32-15-31-8-9-35(5,6)7)18(11-20(16)26)22-19(14-29)23(34-27-22)17-12-28(13-17)24(30)33-25(2,3)4/h10-11,17,29H,8-9,12-15H2,1-7H3. The van der Waals surface area contributed by atoms with E-state index in [-0.39, 0.29) is 25.4 Å². The Morgan fingerprint density at radius 1 is 1.29 bits per heavy atom. The molecule has 1 amide bonds. The number of nitrogens with zero attached hydrogens (tertiary/aromatic N) is 2. The molecule has 0 atom stereocenters. The van der Waals surface area contributed by atoms with E-state index < -0.39 is 13.7 Å². The monoisotopic (exact) mass is 568 g/mol. The third-order valence-electron chi connectivity index (χ3n) is 5.69. The van der Waals surface area contributed by atoms with E-state index in [1.54, 1.807) is 4.90 Å². The van der Waals surface area contributed by atoms with Crippen LogP contribution in [0.2, 0.25) is 25.7 Å². The molecule has 1 fully saturated rings. The molecule has 2 heterocycles. The summed E-state index contributed by atoms with van der Waals surface area (Å²) in [7, 11) is -1.18. The minimum Gasteiger partial charge on any atom is -0.467 e. The van der Waals surface area contributed by atoms with Crippen LogP contribution >= 0.6 is 15.9 Å². The highest BCUT2D eigenvalue weighted by Gasteiger charge is 2.39. The van der Waals surface area contributed by atoms with Crippen molar-refractivity contribution >= 4 is 30.1 Å². The van der Waals surface area contributed by atoms with Crippen LogP contribution in [-0.4, -0.2) is 61.4 Å². The highest BCUT2D eigenvalue weighted by Crippen LogP contribution is 2.40. The lowest BCUT2D eigenvalue weighted by Crippen LogP contribution is -2.50. The van der Waals surface area contributed by atoms with Gasteiger partial charge in [0.15, 0.2) is 6.79 Å². The molecule has 1 aromatic heterocycles. The molecule has 194 valence electrons. The molecular formula is C25H37BrN2O6Si. The van der Waals surface area contributed by atoms with E-state index in [0.29, 0.717) is 48.0 Å². The number of aromatic nitrogens is 1. The largest absolute Gasteiger partial charge is 0.467 e. The summed E-state index contributed by atoms with van der Waals surface area (Å²) in [6, 6.07) is 4.90. The van der Waals surface area contributed by atoms with Crippen LogP contribution in [0.1, 0.15) is 43.6 Å². The number of ether oxygens (including phenoxy) is 3. The topological polar surface area (TPSA) is 94.3 Å². The number of carbonyl (C=O) groups is 1. The van der Waals surface area contributed by atoms with Gasteiger partial charge in [0, 0.05) is 43.4 Å². The highest BCUT2D eigenvalue weighted by molar-refractivity contribution is 9.10. The van der Waals surface area contributed by atoms with Gasteiger partial charge in [-0.1, -0.05) is 40.7 Å². The predicted molar refractivity (Wildman–Crippen MR) is 140 cm³/mol. The first kappa shape index (κ1) is 27.7. The molecule has 0 saturated carbocycles. The zero-order valence-corrected chi connectivity index (χ0v) is 24.3. The van der Waals surface area contributed by atoms with Crippen molar-refractivity contribution < 1.29 is 28.6 Å². The predicted octanol–water partition coefficient (Wildman–Crippen LogP) is 5.93. The maximum Gasteiger partial charge on any atom is 0.410 e. The Morgan fingerprint density at radius 3 is 2.57 bits per heavy atom. The van der Waals surface area contributed by atoms with Crippen LogP contribution in [0, 0.1) is 6.92 Å². The summed E-state index contributed by atoms with van der Waals surface area (Å²) in [5.41, 5.74) is 2.28. The third-order valence-corrected chi connectivity index (χ3v) is 8.25. The Labute approximate surface area is 217 Å². The lowest BCUT2D eigenvalue weighted by Gasteiger charge is -2.38. The fourth-order valence-electron chi connectivity index (χ4n) is 3.63. The van der Waals surface area contributed by atoms with Gasteiger partial charge in [-0.3, -0.25) is 0 Å². The molecule has 3 rings (SSSR count). The molecule has 1 saturated heterocycles. The van der Waals surface area contributed by atoms with Crippen LogP contribution in [0.15, 0.2) is 21.1 Å². The number of carbonyl (C=O) groups excluding carboxylic acids is 1. The number of benzene rings is 1. The van der Waals surface area contributed by atoms with Crippen LogP contribution in [-0.2, 0) is 16.1 Å². The van der Waals surface area contributed by atoms with Gasteiger partial charge in [0.25, 0.3) is 0 Å². The molecule has 1 N–H and O–H groups in total. The van der Waals surface area contributed by atoms with Gasteiger partial charge < -0.3 is 28.7 Å². The number of hydrogen-bond acceptors (Lipinski definition) is 7. The lowest BCUT2D eigenvalue weighted by molar-refractivity contribution is 0.00584. The molecule has 0 unspecified atom stereocenters. The van der Waals surface area contributed by atoms with Crippen LogP contribution < -0.4 is 4.74 Å². The van der Waals surface area contributed by atoms with Crippen LogP contribution in [0.3, 0.4) is 0 Å². The average Bonchev–Trinajstić information content (AvgIpc) is 3.10. The molecule has 1 aromatic carbocycles. The third kappa shape index (κ3) is 7.31. The lowest BCUT2D eigenvalue weighted by atomic mass is 9.93. The van der Waals surface area contributed by atoms with Crippen molar-refractivity contribution in [2.45, 2.75) is 71.5 Å². The van der Waals surface area contributed by atoms with Gasteiger partial charge in [-0.15, -0.1) is 0 Å². The zero-order valence-electron chi connectivity index (χ0n) is 21.7. The molecule has 35 heavy (non-hydrogen) atoms. The number of rotatable bonds is 9. The molecule has 1 aliphatic heterocycles. The summed E-state index contributed by atoms with van der Waals surface area (Å²) < 4.78 is 23.7. The molecular weight excluding hydrogens is 532 g/mol. The van der Waals surface area contributed by atoms with Crippen molar-refractivity contribution in [3.63, 3.8) is 0 Å². The van der Waals surface area contributed by atoms with E-state index in [1.807, 2.05) is 39.8 Å². The number of halogens is 1. The van der Waals surface area contributed by atoms with Crippen molar-refractivity contribution in [2.75, 3.05) is 26.5 Å². The number of aryl methyl sites for hydroxylation is 1. The summed E-state index contributed by atoms with van der Waals surface area (Å²) in [6.45, 7) is 15.9. The van der Waals surface area contributed by atoms with Crippen molar-refractivity contribution in [1.82, 2.24) is 10.1 Å². The summed E-state index contributed by atoms with van der Waals surface area (Å²) in [4.78, 5) is 13.9. The minimum atomic E-state index is -1.18. The normalized spacial score (nSPS) is 14.7. The Bertz CT molecular complexity index is 1040. The number of hydrogen-bond donors (Lipinski definition) is 1. The Kier molecular flexibility index (Phi) is 8.72. The molecule has 0 spiro atoms. The summed E-state index contributed by atoms with van der Waals surface area (Å²) in [6.07, 6.45) is -0.355. The van der Waals surface area contributed by atoms with Gasteiger partial charge in [-0.25, -0.2) is 4.79 Å². The summed E-state index contributed by atoms with van der Waals surface area (Å²) >= 11 is 3.59. The van der Waals surface area contributed by atoms with Gasteiger partial charge >= 0.3 is 6.09 Å². The fourth-order valence-corrected chi connectivity index (χ4v) is 4.73. The summed E-state index contributed by atoms with van der Waals surface area (Å²) in [5, 5.41) is 14.5. The van der Waals surface area contributed by atoms with E-state index in [1.165, 1.54) is 0 Å². The molecule has 8 nitrogen and oxygen atoms in total. The second kappa shape index (κ2) is 11.0. The van der Waals surface area contributed by atoms with Gasteiger partial charge in [0.2, 0.25) is 0 Å². The second-order valence-corrected chi connectivity index (χ2v) is 17.7. The van der Waals surface area contributed by atoms with Gasteiger partial charge in [-0.2, -0.15) is 0 Å². The van der Waals surface area contributed by atoms with E-state index in [4.69, 9.17) is 18.7 Å². The molecule has 10 heteroatoms. The zero-order chi connectivity index (χ0) is 26.0. The maximum atomic E-state index is 12.3. The summed E-state index contributed by atoms with van der Waals surface area (Å²) in [5.74, 6) is 1.13. The SMILES string of the molecule is Cc1cc(OCOCC[Si](C)(C)C)c(-c2noc(C3CN(C(=O)OC(C)(C)C)C3)c2CO)cc1Br. The Morgan fingerprint density at radius 2 is 1.97 bits per heavy atom. The van der Waals surface area contributed by atoms with Gasteiger partial charge in [-0.05, 0) is 51.4 Å². The number of aliphatic hydroxyl groups is 1. The first-order chi connectivity index (χ1) is 16.3. The van der Waals surface area contributed by atoms with E-state index in [9.17, 15) is 9.90 Å². The molecule has 0 radical (unpaired) electrons.